The maximum Gasteiger partial charge on any atom is 0.339 e. The molecule has 0 bridgehead atoms. The quantitative estimate of drug-likeness (QED) is 0.0474. The second kappa shape index (κ2) is 24.6. The third-order valence-electron chi connectivity index (χ3n) is 13.8. The first kappa shape index (κ1) is 57.5. The van der Waals surface area contributed by atoms with Crippen molar-refractivity contribution in [2.75, 3.05) is 13.2 Å². The van der Waals surface area contributed by atoms with E-state index in [1.165, 1.54) is 6.20 Å². The largest absolute Gasteiger partial charge is 0.478 e. The number of carbonyl (C=O) groups is 2. The van der Waals surface area contributed by atoms with E-state index in [2.05, 4.69) is 64.8 Å². The first-order valence-corrected chi connectivity index (χ1v) is 34.5. The molecule has 2 saturated carbocycles. The van der Waals surface area contributed by atoms with Crippen molar-refractivity contribution in [2.24, 2.45) is 19.8 Å². The number of carboxylic acid groups (broad SMARTS) is 1. The van der Waals surface area contributed by atoms with Gasteiger partial charge in [-0.1, -0.05) is 62.5 Å². The predicted molar refractivity (Wildman–Crippen MR) is 308 cm³/mol. The summed E-state index contributed by atoms with van der Waals surface area (Å²) in [6, 6.07) is 13.4. The summed E-state index contributed by atoms with van der Waals surface area (Å²) in [4.78, 5) is 44.1. The molecule has 10 rings (SSSR count). The van der Waals surface area contributed by atoms with Crippen molar-refractivity contribution < 1.29 is 34.4 Å². The van der Waals surface area contributed by atoms with E-state index >= 15 is 0 Å². The zero-order valence-corrected chi connectivity index (χ0v) is 48.8. The molecule has 19 nitrogen and oxygen atoms in total. The third-order valence-corrected chi connectivity index (χ3v) is 17.7. The van der Waals surface area contributed by atoms with Crippen molar-refractivity contribution in [3.63, 3.8) is 0 Å². The smallest absolute Gasteiger partial charge is 0.339 e. The van der Waals surface area contributed by atoms with Crippen LogP contribution in [0.1, 0.15) is 72.1 Å². The number of nitrogens with zero attached hydrogens (tertiary/aromatic N) is 10. The lowest BCUT2D eigenvalue weighted by Crippen LogP contribution is -2.39. The van der Waals surface area contributed by atoms with Gasteiger partial charge in [0, 0.05) is 88.8 Å². The number of aliphatic hydroxyl groups excluding tert-OH is 2. The number of rotatable bonds is 15. The summed E-state index contributed by atoms with van der Waals surface area (Å²) >= 11 is 12.3. The Morgan fingerprint density at radius 3 is 1.61 bits per heavy atom. The molecule has 2 fully saturated rings. The van der Waals surface area contributed by atoms with Crippen LogP contribution in [0.3, 0.4) is 0 Å². The van der Waals surface area contributed by atoms with Gasteiger partial charge >= 0.3 is 5.97 Å². The van der Waals surface area contributed by atoms with Gasteiger partial charge in [-0.15, -0.1) is 0 Å². The number of nitrogens with one attached hydrogen (secondary N) is 1. The number of ether oxygens (including phenoxy) is 2. The highest BCUT2D eigenvalue weighted by Crippen LogP contribution is 2.32. The topological polar surface area (TPSA) is 248 Å². The highest BCUT2D eigenvalue weighted by Gasteiger charge is 2.27. The molecule has 2 aliphatic carbocycles. The number of amides is 1. The number of halogens is 2. The molecular formula is C54H72Cl2N12O7Si2. The van der Waals surface area contributed by atoms with Crippen molar-refractivity contribution in [3.05, 3.63) is 82.4 Å². The van der Waals surface area contributed by atoms with Crippen LogP contribution in [-0.4, -0.2) is 129 Å². The van der Waals surface area contributed by atoms with E-state index in [1.54, 1.807) is 38.6 Å². The maximum atomic E-state index is 13.5. The molecular weight excluding hydrogens is 1060 g/mol. The number of aromatic carboxylic acids is 1. The lowest BCUT2D eigenvalue weighted by Gasteiger charge is -2.26. The molecule has 2 aromatic carbocycles. The monoisotopic (exact) mass is 1130 g/mol. The standard InChI is InChI=1S/C27H35ClN6O3Si.C21H24ClN5O3Si.C6H13NO/c1-33-23-12-17(28)8-9-20(23)24(32-33)22-14-29-26-25(31-22)21(15-34(26)16-37-10-11-38(2,3)4)27(36)30-18-6-5-7-19(35)13-18;1-26-17-9-13(22)5-6-14(17)18(25-26)16-10-23-20-19(24-16)15(21(28)29)11-27(20)12-30-7-8-31(2,3)4;7-5-2-1-3-6(8)4-5/h8-9,12,14-15,18-19,35H,5-7,10-11,13,16H2,1-4H3,(H,30,36);5-6,9-11H,7-8,12H2,1-4H3,(H,28,29);5-6,8H,1-4,7H2. The first-order valence-electron chi connectivity index (χ1n) is 26.3. The minimum absolute atomic E-state index is 0.0710. The van der Waals surface area contributed by atoms with Gasteiger partial charge in [0.15, 0.2) is 11.3 Å². The van der Waals surface area contributed by atoms with Gasteiger partial charge in [-0.05, 0) is 99.9 Å². The van der Waals surface area contributed by atoms with Crippen molar-refractivity contribution in [1.82, 2.24) is 53.9 Å². The minimum atomic E-state index is -1.23. The number of aromatic nitrogens is 10. The van der Waals surface area contributed by atoms with E-state index in [9.17, 15) is 19.8 Å². The van der Waals surface area contributed by atoms with E-state index < -0.39 is 22.1 Å². The Balaban J connectivity index is 0.000000180. The first-order chi connectivity index (χ1) is 36.5. The maximum absolute atomic E-state index is 13.5. The molecule has 0 radical (unpaired) electrons. The zero-order valence-electron chi connectivity index (χ0n) is 45.3. The summed E-state index contributed by atoms with van der Waals surface area (Å²) in [5, 5.41) is 44.1. The SMILES string of the molecule is Cn1nc(-c2cnc3c(n2)c(C(=O)NC2CCCC(O)C2)cn3COCC[Si](C)(C)C)c2ccc(Cl)cc21.Cn1nc(-c2cnc3c(n2)c(C(=O)O)cn3COCC[Si](C)(C)C)c2ccc(Cl)cc21.NC1CCCC(O)C1. The van der Waals surface area contributed by atoms with Crippen LogP contribution in [-0.2, 0) is 37.0 Å². The molecule has 2 aliphatic rings. The molecule has 6 aromatic heterocycles. The fourth-order valence-corrected chi connectivity index (χ4v) is 11.4. The number of carboxylic acids is 1. The van der Waals surface area contributed by atoms with Crippen molar-refractivity contribution in [3.8, 4) is 22.8 Å². The van der Waals surface area contributed by atoms with Crippen LogP contribution in [0.4, 0.5) is 0 Å². The molecule has 1 amide bonds. The van der Waals surface area contributed by atoms with Crippen LogP contribution in [0, 0.1) is 0 Å². The van der Waals surface area contributed by atoms with E-state index in [0.717, 1.165) is 78.8 Å². The number of aryl methyl sites for hydroxylation is 2. The Bertz CT molecular complexity index is 3380. The highest BCUT2D eigenvalue weighted by molar-refractivity contribution is 6.76. The molecule has 4 atom stereocenters. The van der Waals surface area contributed by atoms with E-state index in [-0.39, 0.29) is 49.2 Å². The summed E-state index contributed by atoms with van der Waals surface area (Å²) in [6.07, 6.45) is 13.1. The van der Waals surface area contributed by atoms with Gasteiger partial charge < -0.3 is 45.0 Å². The average molecular weight is 1130 g/mol. The summed E-state index contributed by atoms with van der Waals surface area (Å²) in [5.74, 6) is -1.28. The number of aliphatic hydroxyl groups is 2. The summed E-state index contributed by atoms with van der Waals surface area (Å²) in [5.41, 5.74) is 12.1. The second-order valence-electron chi connectivity index (χ2n) is 22.7. The fraction of sp³-hybridized carbons (Fsp3) is 0.481. The summed E-state index contributed by atoms with van der Waals surface area (Å²) < 4.78 is 18.8. The Morgan fingerprint density at radius 2 is 1.17 bits per heavy atom. The Morgan fingerprint density at radius 1 is 0.701 bits per heavy atom. The van der Waals surface area contributed by atoms with Crippen molar-refractivity contribution >= 4 is 95.4 Å². The lowest BCUT2D eigenvalue weighted by atomic mass is 9.93. The van der Waals surface area contributed by atoms with Crippen LogP contribution < -0.4 is 11.1 Å². The molecule has 6 N–H and O–H groups in total. The second-order valence-corrected chi connectivity index (χ2v) is 34.8. The van der Waals surface area contributed by atoms with Crippen LogP contribution in [0.2, 0.25) is 61.4 Å². The van der Waals surface area contributed by atoms with Gasteiger partial charge in [-0.3, -0.25) is 14.2 Å². The van der Waals surface area contributed by atoms with Crippen molar-refractivity contribution in [1.29, 1.82) is 0 Å². The zero-order chi connectivity index (χ0) is 55.3. The van der Waals surface area contributed by atoms with Gasteiger partial charge in [0.25, 0.3) is 5.91 Å². The Hall–Kier alpha value is -5.63. The number of carbonyl (C=O) groups excluding carboxylic acids is 1. The molecule has 6 heterocycles. The molecule has 8 aromatic rings. The molecule has 412 valence electrons. The average Bonchev–Trinajstić information content (AvgIpc) is 4.11. The molecule has 0 aliphatic heterocycles. The predicted octanol–water partition coefficient (Wildman–Crippen LogP) is 9.88. The summed E-state index contributed by atoms with van der Waals surface area (Å²) in [6.45, 7) is 15.6. The number of benzene rings is 2. The normalized spacial score (nSPS) is 18.1. The van der Waals surface area contributed by atoms with Gasteiger partial charge in [0.2, 0.25) is 0 Å². The molecule has 77 heavy (non-hydrogen) atoms. The molecule has 4 unspecified atom stereocenters. The number of hydrogen-bond acceptors (Lipinski definition) is 13. The summed E-state index contributed by atoms with van der Waals surface area (Å²) in [7, 11) is 1.26. The highest BCUT2D eigenvalue weighted by atomic mass is 35.5. The Labute approximate surface area is 460 Å². The van der Waals surface area contributed by atoms with E-state index in [1.807, 2.05) is 49.0 Å². The Kier molecular flexibility index (Phi) is 18.4. The van der Waals surface area contributed by atoms with E-state index in [0.29, 0.717) is 80.3 Å². The molecule has 23 heteroatoms. The van der Waals surface area contributed by atoms with E-state index in [4.69, 9.17) is 53.5 Å². The molecule has 0 spiro atoms. The number of fused-ring (bicyclic) bond motifs is 4. The lowest BCUT2D eigenvalue weighted by molar-refractivity contribution is 0.0695. The fourth-order valence-electron chi connectivity index (χ4n) is 9.53. The van der Waals surface area contributed by atoms with Gasteiger partial charge in [0.1, 0.15) is 52.8 Å². The minimum Gasteiger partial charge on any atom is -0.478 e. The third kappa shape index (κ3) is 14.5. The van der Waals surface area contributed by atoms with Crippen molar-refractivity contribution in [2.45, 2.75) is 140 Å². The van der Waals surface area contributed by atoms with Crippen LogP contribution in [0.5, 0.6) is 0 Å². The van der Waals surface area contributed by atoms with Crippen LogP contribution >= 0.6 is 23.2 Å². The molecule has 0 saturated heterocycles. The van der Waals surface area contributed by atoms with Gasteiger partial charge in [0.05, 0.1) is 41.2 Å². The van der Waals surface area contributed by atoms with Crippen LogP contribution in [0.25, 0.3) is 66.9 Å². The number of nitrogens with two attached hydrogens (primary N) is 1. The van der Waals surface area contributed by atoms with Gasteiger partial charge in [-0.2, -0.15) is 10.2 Å². The van der Waals surface area contributed by atoms with Crippen LogP contribution in [0.15, 0.2) is 61.2 Å². The van der Waals surface area contributed by atoms with Gasteiger partial charge in [-0.25, -0.2) is 24.7 Å². The number of hydrogen-bond donors (Lipinski definition) is 5.